The minimum atomic E-state index is -0.140. The number of quaternary nitrogens is 1. The van der Waals surface area contributed by atoms with Crippen LogP contribution in [0.4, 0.5) is 0 Å². The number of hydrogen-bond donors (Lipinski definition) is 1. The molecule has 0 aromatic heterocycles. The maximum atomic E-state index is 11.5. The number of rotatable bonds is 4. The molecule has 6 heteroatoms. The Morgan fingerprint density at radius 3 is 2.56 bits per heavy atom. The van der Waals surface area contributed by atoms with E-state index in [1.807, 2.05) is 21.1 Å². The second-order valence-corrected chi connectivity index (χ2v) is 5.73. The Morgan fingerprint density at radius 1 is 1.33 bits per heavy atom. The molecule has 98 valence electrons. The average molecular weight is 289 g/mol. The highest BCUT2D eigenvalue weighted by Gasteiger charge is 2.12. The number of carbonyl (C=O) groups is 1. The van der Waals surface area contributed by atoms with Crippen LogP contribution in [0.5, 0.6) is 0 Å². The van der Waals surface area contributed by atoms with Crippen LogP contribution < -0.4 is 5.43 Å². The van der Waals surface area contributed by atoms with E-state index in [1.54, 1.807) is 18.2 Å². The van der Waals surface area contributed by atoms with E-state index in [9.17, 15) is 4.79 Å². The Kier molecular flexibility index (Phi) is 5.14. The van der Waals surface area contributed by atoms with Crippen LogP contribution in [-0.2, 0) is 4.79 Å². The van der Waals surface area contributed by atoms with Crippen molar-refractivity contribution in [2.24, 2.45) is 5.10 Å². The van der Waals surface area contributed by atoms with E-state index in [0.717, 1.165) is 5.56 Å². The summed E-state index contributed by atoms with van der Waals surface area (Å²) in [5.41, 5.74) is 3.23. The van der Waals surface area contributed by atoms with Crippen molar-refractivity contribution in [1.29, 1.82) is 0 Å². The number of nitrogens with one attached hydrogen (secondary N) is 1. The Balaban J connectivity index is 2.55. The fourth-order valence-electron chi connectivity index (χ4n) is 1.24. The van der Waals surface area contributed by atoms with E-state index in [4.69, 9.17) is 23.2 Å². The van der Waals surface area contributed by atoms with Crippen LogP contribution in [0.3, 0.4) is 0 Å². The molecular formula is C12H16Cl2N3O+. The zero-order valence-corrected chi connectivity index (χ0v) is 12.1. The van der Waals surface area contributed by atoms with Gasteiger partial charge in [0.2, 0.25) is 0 Å². The van der Waals surface area contributed by atoms with Gasteiger partial charge >= 0.3 is 0 Å². The zero-order valence-electron chi connectivity index (χ0n) is 10.6. The summed E-state index contributed by atoms with van der Waals surface area (Å²) in [6, 6.07) is 5.13. The van der Waals surface area contributed by atoms with Gasteiger partial charge in [-0.1, -0.05) is 29.3 Å². The third-order valence-electron chi connectivity index (χ3n) is 1.96. The minimum Gasteiger partial charge on any atom is -0.323 e. The van der Waals surface area contributed by atoms with Crippen LogP contribution in [-0.4, -0.2) is 44.3 Å². The van der Waals surface area contributed by atoms with E-state index in [2.05, 4.69) is 10.5 Å². The van der Waals surface area contributed by atoms with Crippen LogP contribution in [0, 0.1) is 0 Å². The van der Waals surface area contributed by atoms with Gasteiger partial charge in [0.15, 0.2) is 6.54 Å². The molecule has 0 atom stereocenters. The van der Waals surface area contributed by atoms with Gasteiger partial charge in [-0.25, -0.2) is 5.43 Å². The molecule has 1 aromatic rings. The van der Waals surface area contributed by atoms with E-state index in [-0.39, 0.29) is 5.91 Å². The predicted molar refractivity (Wildman–Crippen MR) is 75.1 cm³/mol. The van der Waals surface area contributed by atoms with Gasteiger partial charge in [-0.15, -0.1) is 0 Å². The molecule has 1 aromatic carbocycles. The van der Waals surface area contributed by atoms with Crippen LogP contribution in [0.15, 0.2) is 23.3 Å². The van der Waals surface area contributed by atoms with Crippen LogP contribution >= 0.6 is 23.2 Å². The van der Waals surface area contributed by atoms with Gasteiger partial charge in [-0.05, 0) is 17.7 Å². The van der Waals surface area contributed by atoms with Gasteiger partial charge in [0.05, 0.1) is 37.4 Å². The molecule has 18 heavy (non-hydrogen) atoms. The fraction of sp³-hybridized carbons (Fsp3) is 0.333. The summed E-state index contributed by atoms with van der Waals surface area (Å²) in [4.78, 5) is 11.5. The monoisotopic (exact) mass is 288 g/mol. The lowest BCUT2D eigenvalue weighted by Crippen LogP contribution is -2.43. The molecule has 4 nitrogen and oxygen atoms in total. The van der Waals surface area contributed by atoms with Crippen LogP contribution in [0.2, 0.25) is 10.0 Å². The first-order valence-electron chi connectivity index (χ1n) is 5.35. The largest absolute Gasteiger partial charge is 0.323 e. The van der Waals surface area contributed by atoms with Crippen molar-refractivity contribution in [3.63, 3.8) is 0 Å². The third kappa shape index (κ3) is 5.49. The summed E-state index contributed by atoms with van der Waals surface area (Å²) >= 11 is 11.6. The van der Waals surface area contributed by atoms with E-state index < -0.39 is 0 Å². The van der Waals surface area contributed by atoms with Crippen molar-refractivity contribution in [1.82, 2.24) is 5.43 Å². The first-order valence-corrected chi connectivity index (χ1v) is 6.11. The molecule has 0 saturated carbocycles. The molecule has 0 bridgehead atoms. The van der Waals surface area contributed by atoms with Gasteiger partial charge in [-0.3, -0.25) is 4.79 Å². The van der Waals surface area contributed by atoms with Crippen molar-refractivity contribution in [3.05, 3.63) is 33.8 Å². The highest BCUT2D eigenvalue weighted by Crippen LogP contribution is 2.21. The number of halogens is 2. The quantitative estimate of drug-likeness (QED) is 0.515. The number of hydrogen-bond acceptors (Lipinski definition) is 2. The Hall–Kier alpha value is -1.10. The molecule has 0 radical (unpaired) electrons. The Morgan fingerprint density at radius 2 is 2.00 bits per heavy atom. The zero-order chi connectivity index (χ0) is 13.8. The topological polar surface area (TPSA) is 41.5 Å². The van der Waals surface area contributed by atoms with Crippen molar-refractivity contribution in [3.8, 4) is 0 Å². The molecule has 1 N–H and O–H groups in total. The van der Waals surface area contributed by atoms with E-state index in [0.29, 0.717) is 21.1 Å². The summed E-state index contributed by atoms with van der Waals surface area (Å²) < 4.78 is 0.550. The van der Waals surface area contributed by atoms with Crippen molar-refractivity contribution < 1.29 is 9.28 Å². The van der Waals surface area contributed by atoms with Gasteiger partial charge in [-0.2, -0.15) is 5.10 Å². The normalized spacial score (nSPS) is 11.8. The molecular weight excluding hydrogens is 273 g/mol. The van der Waals surface area contributed by atoms with Crippen molar-refractivity contribution in [2.45, 2.75) is 0 Å². The second-order valence-electron chi connectivity index (χ2n) is 4.92. The average Bonchev–Trinajstić information content (AvgIpc) is 2.20. The van der Waals surface area contributed by atoms with Crippen LogP contribution in [0.25, 0.3) is 0 Å². The molecule has 0 saturated heterocycles. The molecule has 1 amide bonds. The van der Waals surface area contributed by atoms with Crippen molar-refractivity contribution in [2.75, 3.05) is 27.7 Å². The molecule has 1 rings (SSSR count). The number of carbonyl (C=O) groups excluding carboxylic acids is 1. The summed E-state index contributed by atoms with van der Waals surface area (Å²) in [6.07, 6.45) is 1.52. The van der Waals surface area contributed by atoms with E-state index >= 15 is 0 Å². The maximum Gasteiger partial charge on any atom is 0.295 e. The van der Waals surface area contributed by atoms with Gasteiger partial charge < -0.3 is 4.48 Å². The van der Waals surface area contributed by atoms with Gasteiger partial charge in [0.25, 0.3) is 5.91 Å². The standard InChI is InChI=1S/C12H15Cl2N3O/c1-17(2,3)8-12(18)16-15-7-9-4-5-10(13)11(14)6-9/h4-7H,8H2,1-3H3/p+1. The summed E-state index contributed by atoms with van der Waals surface area (Å²) in [6.45, 7) is 0.360. The van der Waals surface area contributed by atoms with E-state index in [1.165, 1.54) is 6.21 Å². The van der Waals surface area contributed by atoms with Gasteiger partial charge in [0, 0.05) is 0 Å². The molecule has 0 spiro atoms. The maximum absolute atomic E-state index is 11.5. The minimum absolute atomic E-state index is 0.140. The van der Waals surface area contributed by atoms with Gasteiger partial charge in [0.1, 0.15) is 0 Å². The Labute approximate surface area is 117 Å². The number of nitrogens with zero attached hydrogens (tertiary/aromatic N) is 2. The lowest BCUT2D eigenvalue weighted by atomic mass is 10.2. The highest BCUT2D eigenvalue weighted by atomic mass is 35.5. The molecule has 0 aliphatic heterocycles. The molecule has 0 aliphatic rings. The van der Waals surface area contributed by atoms with Crippen LogP contribution in [0.1, 0.15) is 5.56 Å². The lowest BCUT2D eigenvalue weighted by molar-refractivity contribution is -0.862. The lowest BCUT2D eigenvalue weighted by Gasteiger charge is -2.21. The summed E-state index contributed by atoms with van der Waals surface area (Å²) in [5, 5.41) is 4.81. The predicted octanol–water partition coefficient (Wildman–Crippen LogP) is 2.15. The second kappa shape index (κ2) is 6.18. The number of likely N-dealkylation sites (N-methyl/N-ethyl adjacent to an activating group) is 1. The smallest absolute Gasteiger partial charge is 0.295 e. The number of benzene rings is 1. The number of amides is 1. The third-order valence-corrected chi connectivity index (χ3v) is 2.70. The SMILES string of the molecule is C[N+](C)(C)CC(=O)NN=Cc1ccc(Cl)c(Cl)c1. The molecule has 0 heterocycles. The highest BCUT2D eigenvalue weighted by molar-refractivity contribution is 6.42. The molecule has 0 fully saturated rings. The van der Waals surface area contributed by atoms with Crippen molar-refractivity contribution >= 4 is 35.3 Å². The first kappa shape index (κ1) is 15.0. The summed E-state index contributed by atoms with van der Waals surface area (Å²) in [7, 11) is 5.80. The molecule has 0 aliphatic carbocycles. The fourth-order valence-corrected chi connectivity index (χ4v) is 1.54. The Bertz CT molecular complexity index is 467. The first-order chi connectivity index (χ1) is 8.28. The summed E-state index contributed by atoms with van der Waals surface area (Å²) in [5.74, 6) is -0.140. The number of hydrazone groups is 1. The molecule has 0 unspecified atom stereocenters.